The molecule has 1 aliphatic rings. The summed E-state index contributed by atoms with van der Waals surface area (Å²) in [6, 6.07) is 6.56. The van der Waals surface area contributed by atoms with Crippen molar-refractivity contribution in [1.82, 2.24) is 5.43 Å². The van der Waals surface area contributed by atoms with Crippen LogP contribution in [0.3, 0.4) is 0 Å². The lowest BCUT2D eigenvalue weighted by molar-refractivity contribution is -0.137. The molecule has 3 N–H and O–H groups in total. The van der Waals surface area contributed by atoms with Crippen LogP contribution in [0.2, 0.25) is 0 Å². The van der Waals surface area contributed by atoms with Crippen molar-refractivity contribution in [2.75, 3.05) is 16.9 Å². The molecular formula is C33H43N3O5. The minimum absolute atomic E-state index is 0.00910. The van der Waals surface area contributed by atoms with E-state index in [0.29, 0.717) is 17.7 Å². The van der Waals surface area contributed by atoms with E-state index in [1.165, 1.54) is 35.1 Å². The van der Waals surface area contributed by atoms with Crippen LogP contribution < -0.4 is 15.8 Å². The minimum Gasteiger partial charge on any atom is -0.481 e. The van der Waals surface area contributed by atoms with E-state index in [1.54, 1.807) is 24.3 Å². The Morgan fingerprint density at radius 3 is 2.39 bits per heavy atom. The zero-order valence-corrected chi connectivity index (χ0v) is 24.8. The zero-order valence-electron chi connectivity index (χ0n) is 24.8. The molecule has 0 spiro atoms. The van der Waals surface area contributed by atoms with E-state index >= 15 is 0 Å². The number of amides is 2. The molecule has 220 valence electrons. The lowest BCUT2D eigenvalue weighted by atomic mass is 9.72. The Hall–Kier alpha value is -4.04. The molecule has 1 aliphatic carbocycles. The van der Waals surface area contributed by atoms with Crippen LogP contribution in [0.5, 0.6) is 0 Å². The van der Waals surface area contributed by atoms with Crippen molar-refractivity contribution in [1.29, 1.82) is 0 Å². The SMILES string of the molecule is CC1=C(/C=C/C(C)=C/C=C/C(C)=C/C(=O)Nc2ccc(N(NCC=O)C(=O)CCCC(=O)O)cc2)C(C)(C)CCC1. The summed E-state index contributed by atoms with van der Waals surface area (Å²) in [5.41, 5.74) is 8.73. The molecule has 2 amide bonds. The predicted molar refractivity (Wildman–Crippen MR) is 164 cm³/mol. The van der Waals surface area contributed by atoms with Gasteiger partial charge in [0, 0.05) is 24.6 Å². The predicted octanol–water partition coefficient (Wildman–Crippen LogP) is 6.45. The smallest absolute Gasteiger partial charge is 0.303 e. The molecule has 2 rings (SSSR count). The highest BCUT2D eigenvalue weighted by atomic mass is 16.4. The lowest BCUT2D eigenvalue weighted by Crippen LogP contribution is -2.44. The number of benzene rings is 1. The molecular weight excluding hydrogens is 518 g/mol. The Balaban J connectivity index is 1.98. The fraction of sp³-hybridized carbons (Fsp3) is 0.394. The van der Waals surface area contributed by atoms with E-state index in [-0.39, 0.29) is 43.0 Å². The number of aliphatic carboxylic acids is 1. The molecule has 8 nitrogen and oxygen atoms in total. The highest BCUT2D eigenvalue weighted by molar-refractivity contribution is 6.00. The van der Waals surface area contributed by atoms with Gasteiger partial charge in [-0.2, -0.15) is 0 Å². The van der Waals surface area contributed by atoms with Crippen molar-refractivity contribution in [2.45, 2.75) is 73.1 Å². The van der Waals surface area contributed by atoms with Crippen molar-refractivity contribution in [3.8, 4) is 0 Å². The molecule has 8 heteroatoms. The Bertz CT molecular complexity index is 1250. The Morgan fingerprint density at radius 2 is 1.76 bits per heavy atom. The monoisotopic (exact) mass is 561 g/mol. The summed E-state index contributed by atoms with van der Waals surface area (Å²) in [6.07, 6.45) is 16.0. The number of aldehydes is 1. The summed E-state index contributed by atoms with van der Waals surface area (Å²) in [6.45, 7) is 10.7. The van der Waals surface area contributed by atoms with Crippen molar-refractivity contribution in [2.24, 2.45) is 5.41 Å². The second-order valence-corrected chi connectivity index (χ2v) is 11.0. The molecule has 0 unspecified atom stereocenters. The molecule has 0 heterocycles. The number of carboxylic acids is 1. The molecule has 0 fully saturated rings. The highest BCUT2D eigenvalue weighted by Gasteiger charge is 2.26. The lowest BCUT2D eigenvalue weighted by Gasteiger charge is -2.32. The fourth-order valence-corrected chi connectivity index (χ4v) is 4.71. The third-order valence-corrected chi connectivity index (χ3v) is 6.89. The van der Waals surface area contributed by atoms with Gasteiger partial charge in [0.05, 0.1) is 12.2 Å². The summed E-state index contributed by atoms with van der Waals surface area (Å²) in [5.74, 6) is -1.63. The van der Waals surface area contributed by atoms with E-state index in [1.807, 2.05) is 25.2 Å². The molecule has 0 saturated heterocycles. The van der Waals surface area contributed by atoms with Gasteiger partial charge in [0.1, 0.15) is 6.29 Å². The summed E-state index contributed by atoms with van der Waals surface area (Å²) >= 11 is 0. The topological polar surface area (TPSA) is 116 Å². The maximum atomic E-state index is 12.6. The maximum Gasteiger partial charge on any atom is 0.303 e. The standard InChI is InChI=1S/C33H43N3O5/c1-24(14-19-29-26(3)11-8-20-33(29,4)5)9-6-10-25(2)23-30(38)35-27-15-17-28(18-16-27)36(34-21-22-37)31(39)12-7-13-32(40)41/h6,9-10,14-19,22-23,34H,7-8,11-13,20-21H2,1-5H3,(H,35,38)(H,40,41)/b10-6+,19-14+,24-9+,25-23+. The first-order chi connectivity index (χ1) is 19.4. The van der Waals surface area contributed by atoms with Gasteiger partial charge in [-0.05, 0) is 87.3 Å². The Kier molecular flexibility index (Phi) is 13.2. The van der Waals surface area contributed by atoms with Gasteiger partial charge in [-0.25, -0.2) is 10.4 Å². The number of carbonyl (C=O) groups excluding carboxylic acids is 3. The summed E-state index contributed by atoms with van der Waals surface area (Å²) < 4.78 is 0. The summed E-state index contributed by atoms with van der Waals surface area (Å²) in [7, 11) is 0. The van der Waals surface area contributed by atoms with Crippen LogP contribution in [0.4, 0.5) is 11.4 Å². The largest absolute Gasteiger partial charge is 0.481 e. The first-order valence-corrected chi connectivity index (χ1v) is 14.0. The van der Waals surface area contributed by atoms with E-state index in [4.69, 9.17) is 5.11 Å². The maximum absolute atomic E-state index is 12.6. The van der Waals surface area contributed by atoms with Crippen molar-refractivity contribution < 1.29 is 24.3 Å². The molecule has 41 heavy (non-hydrogen) atoms. The number of nitrogens with one attached hydrogen (secondary N) is 2. The highest BCUT2D eigenvalue weighted by Crippen LogP contribution is 2.40. The van der Waals surface area contributed by atoms with E-state index in [9.17, 15) is 19.2 Å². The molecule has 0 saturated carbocycles. The van der Waals surface area contributed by atoms with Gasteiger partial charge in [0.25, 0.3) is 0 Å². The number of hydrogen-bond donors (Lipinski definition) is 3. The van der Waals surface area contributed by atoms with Crippen LogP contribution in [0, 0.1) is 5.41 Å². The summed E-state index contributed by atoms with van der Waals surface area (Å²) in [5, 5.41) is 12.8. The summed E-state index contributed by atoms with van der Waals surface area (Å²) in [4.78, 5) is 46.6. The van der Waals surface area contributed by atoms with Crippen LogP contribution in [-0.4, -0.2) is 35.7 Å². The Morgan fingerprint density at radius 1 is 1.05 bits per heavy atom. The number of nitrogens with zero attached hydrogens (tertiary/aromatic N) is 1. The molecule has 0 aliphatic heterocycles. The van der Waals surface area contributed by atoms with Gasteiger partial charge >= 0.3 is 5.97 Å². The zero-order chi connectivity index (χ0) is 30.4. The van der Waals surface area contributed by atoms with Crippen LogP contribution >= 0.6 is 0 Å². The van der Waals surface area contributed by atoms with Gasteiger partial charge in [-0.3, -0.25) is 14.4 Å². The second-order valence-electron chi connectivity index (χ2n) is 11.0. The number of hydrazine groups is 1. The van der Waals surface area contributed by atoms with Crippen LogP contribution in [0.15, 0.2) is 83.0 Å². The fourth-order valence-electron chi connectivity index (χ4n) is 4.71. The van der Waals surface area contributed by atoms with Crippen LogP contribution in [0.25, 0.3) is 0 Å². The van der Waals surface area contributed by atoms with Gasteiger partial charge in [0.2, 0.25) is 11.8 Å². The molecule has 0 aromatic heterocycles. The second kappa shape index (κ2) is 16.3. The van der Waals surface area contributed by atoms with Crippen LogP contribution in [-0.2, 0) is 19.2 Å². The van der Waals surface area contributed by atoms with Gasteiger partial charge in [0.15, 0.2) is 0 Å². The van der Waals surface area contributed by atoms with Gasteiger partial charge < -0.3 is 15.2 Å². The van der Waals surface area contributed by atoms with E-state index in [2.05, 4.69) is 50.6 Å². The van der Waals surface area contributed by atoms with Gasteiger partial charge in [-0.1, -0.05) is 55.4 Å². The quantitative estimate of drug-likeness (QED) is 0.104. The van der Waals surface area contributed by atoms with E-state index in [0.717, 1.165) is 17.6 Å². The first kappa shape index (κ1) is 33.2. The third kappa shape index (κ3) is 11.5. The first-order valence-electron chi connectivity index (χ1n) is 14.0. The minimum atomic E-state index is -0.976. The number of carbonyl (C=O) groups is 4. The number of carboxylic acid groups (broad SMARTS) is 1. The van der Waals surface area contributed by atoms with Crippen molar-refractivity contribution in [3.63, 3.8) is 0 Å². The molecule has 0 atom stereocenters. The number of rotatable bonds is 14. The van der Waals surface area contributed by atoms with Gasteiger partial charge in [-0.15, -0.1) is 0 Å². The number of allylic oxidation sites excluding steroid dienone is 9. The average molecular weight is 562 g/mol. The average Bonchev–Trinajstić information content (AvgIpc) is 2.88. The van der Waals surface area contributed by atoms with Crippen molar-refractivity contribution in [3.05, 3.63) is 83.0 Å². The molecule has 1 aromatic rings. The number of hydrogen-bond acceptors (Lipinski definition) is 5. The van der Waals surface area contributed by atoms with Crippen LogP contribution in [0.1, 0.15) is 73.1 Å². The normalized spacial score (nSPS) is 15.8. The van der Waals surface area contributed by atoms with Crippen molar-refractivity contribution >= 4 is 35.4 Å². The number of anilines is 2. The molecule has 1 aromatic carbocycles. The molecule has 0 bridgehead atoms. The molecule has 0 radical (unpaired) electrons. The third-order valence-electron chi connectivity index (χ3n) is 6.89. The van der Waals surface area contributed by atoms with E-state index < -0.39 is 5.97 Å². The Labute approximate surface area is 243 Å².